The van der Waals surface area contributed by atoms with Gasteiger partial charge in [0, 0.05) is 25.9 Å². The van der Waals surface area contributed by atoms with E-state index < -0.39 is 0 Å². The fraction of sp³-hybridized carbons (Fsp3) is 0.750. The molecule has 1 aromatic heterocycles. The lowest BCUT2D eigenvalue weighted by Gasteiger charge is -2.05. The zero-order chi connectivity index (χ0) is 11.5. The van der Waals surface area contributed by atoms with E-state index in [1.165, 1.54) is 25.7 Å². The predicted octanol–water partition coefficient (Wildman–Crippen LogP) is 2.49. The molecule has 2 rings (SSSR count). The second-order valence-corrected chi connectivity index (χ2v) is 4.96. The number of hydrogen-bond acceptors (Lipinski definition) is 2. The molecule has 0 amide bonds. The summed E-state index contributed by atoms with van der Waals surface area (Å²) >= 11 is 6.35. The summed E-state index contributed by atoms with van der Waals surface area (Å²) in [5.74, 6) is 1.70. The smallest absolute Gasteiger partial charge is 0.132 e. The highest BCUT2D eigenvalue weighted by Crippen LogP contribution is 2.37. The molecule has 1 heterocycles. The molecule has 0 unspecified atom stereocenters. The van der Waals surface area contributed by atoms with Gasteiger partial charge < -0.3 is 9.88 Å². The molecule has 1 N–H and O–H groups in total. The molecule has 0 atom stereocenters. The van der Waals surface area contributed by atoms with Crippen LogP contribution in [0.3, 0.4) is 0 Å². The second kappa shape index (κ2) is 5.19. The van der Waals surface area contributed by atoms with E-state index in [9.17, 15) is 0 Å². The maximum absolute atomic E-state index is 6.35. The molecule has 3 nitrogen and oxygen atoms in total. The van der Waals surface area contributed by atoms with E-state index in [2.05, 4.69) is 5.32 Å². The van der Waals surface area contributed by atoms with Gasteiger partial charge in [0.1, 0.15) is 11.0 Å². The minimum Gasteiger partial charge on any atom is -0.322 e. The van der Waals surface area contributed by atoms with Gasteiger partial charge in [-0.25, -0.2) is 4.98 Å². The number of nitrogens with zero attached hydrogens (tertiary/aromatic N) is 2. The van der Waals surface area contributed by atoms with Gasteiger partial charge >= 0.3 is 0 Å². The van der Waals surface area contributed by atoms with E-state index in [4.69, 9.17) is 16.6 Å². The van der Waals surface area contributed by atoms with Gasteiger partial charge in [-0.2, -0.15) is 0 Å². The van der Waals surface area contributed by atoms with Gasteiger partial charge in [-0.05, 0) is 19.9 Å². The monoisotopic (exact) mass is 241 g/mol. The number of imidazole rings is 1. The Morgan fingerprint density at radius 3 is 2.75 bits per heavy atom. The molecule has 1 aromatic rings. The van der Waals surface area contributed by atoms with Crippen molar-refractivity contribution in [3.63, 3.8) is 0 Å². The highest BCUT2D eigenvalue weighted by Gasteiger charge is 2.24. The largest absolute Gasteiger partial charge is 0.322 e. The highest BCUT2D eigenvalue weighted by atomic mass is 35.5. The Bertz CT molecular complexity index is 353. The lowest BCUT2D eigenvalue weighted by atomic mass is 10.1. The van der Waals surface area contributed by atoms with Crippen LogP contribution < -0.4 is 5.32 Å². The molecular weight excluding hydrogens is 222 g/mol. The Morgan fingerprint density at radius 1 is 1.44 bits per heavy atom. The molecule has 0 spiro atoms. The van der Waals surface area contributed by atoms with E-state index in [1.807, 2.05) is 18.7 Å². The van der Waals surface area contributed by atoms with Gasteiger partial charge in [0.25, 0.3) is 0 Å². The molecule has 1 saturated carbocycles. The van der Waals surface area contributed by atoms with E-state index in [-0.39, 0.29) is 0 Å². The molecule has 1 aliphatic carbocycles. The summed E-state index contributed by atoms with van der Waals surface area (Å²) in [6.07, 6.45) is 6.09. The minimum atomic E-state index is 0.599. The highest BCUT2D eigenvalue weighted by molar-refractivity contribution is 6.30. The van der Waals surface area contributed by atoms with Gasteiger partial charge in [-0.15, -0.1) is 0 Å². The van der Waals surface area contributed by atoms with E-state index in [1.54, 1.807) is 0 Å². The quantitative estimate of drug-likeness (QED) is 0.878. The summed E-state index contributed by atoms with van der Waals surface area (Å²) in [7, 11) is 3.97. The Morgan fingerprint density at radius 2 is 2.12 bits per heavy atom. The lowest BCUT2D eigenvalue weighted by Crippen LogP contribution is -2.13. The normalized spacial score (nSPS) is 17.2. The molecular formula is C12H20ClN3. The van der Waals surface area contributed by atoms with Gasteiger partial charge in [-0.3, -0.25) is 0 Å². The number of halogens is 1. The van der Waals surface area contributed by atoms with Gasteiger partial charge in [0.05, 0.1) is 5.69 Å². The first-order chi connectivity index (χ1) is 7.74. The lowest BCUT2D eigenvalue weighted by molar-refractivity contribution is 0.693. The van der Waals surface area contributed by atoms with Crippen molar-refractivity contribution in [2.45, 2.75) is 38.0 Å². The van der Waals surface area contributed by atoms with Crippen molar-refractivity contribution in [3.8, 4) is 0 Å². The summed E-state index contributed by atoms with van der Waals surface area (Å²) in [6, 6.07) is 0. The Kier molecular flexibility index (Phi) is 3.87. The molecule has 1 aliphatic rings. The zero-order valence-electron chi connectivity index (χ0n) is 10.1. The minimum absolute atomic E-state index is 0.599. The first kappa shape index (κ1) is 11.9. The topological polar surface area (TPSA) is 29.9 Å². The molecule has 0 saturated heterocycles. The van der Waals surface area contributed by atoms with Gasteiger partial charge in [-0.1, -0.05) is 24.4 Å². The van der Waals surface area contributed by atoms with Crippen molar-refractivity contribution in [1.82, 2.24) is 14.9 Å². The van der Waals surface area contributed by atoms with Crippen LogP contribution in [-0.2, 0) is 13.5 Å². The third-order valence-corrected chi connectivity index (χ3v) is 3.93. The van der Waals surface area contributed by atoms with Crippen LogP contribution in [0.25, 0.3) is 0 Å². The Balaban J connectivity index is 2.18. The van der Waals surface area contributed by atoms with E-state index >= 15 is 0 Å². The summed E-state index contributed by atoms with van der Waals surface area (Å²) < 4.78 is 2.03. The fourth-order valence-corrected chi connectivity index (χ4v) is 2.76. The van der Waals surface area contributed by atoms with Crippen LogP contribution in [0.2, 0.25) is 5.15 Å². The summed E-state index contributed by atoms with van der Waals surface area (Å²) in [5, 5.41) is 3.99. The van der Waals surface area contributed by atoms with Crippen LogP contribution >= 0.6 is 11.6 Å². The van der Waals surface area contributed by atoms with Crippen LogP contribution in [0.15, 0.2) is 0 Å². The first-order valence-electron chi connectivity index (χ1n) is 6.09. The first-order valence-corrected chi connectivity index (χ1v) is 6.47. The number of aromatic nitrogens is 2. The van der Waals surface area contributed by atoms with Gasteiger partial charge in [0.15, 0.2) is 0 Å². The van der Waals surface area contributed by atoms with E-state index in [0.717, 1.165) is 29.6 Å². The van der Waals surface area contributed by atoms with Crippen molar-refractivity contribution >= 4 is 11.6 Å². The van der Waals surface area contributed by atoms with Crippen LogP contribution in [-0.4, -0.2) is 23.1 Å². The average Bonchev–Trinajstić information content (AvgIpc) is 2.88. The van der Waals surface area contributed by atoms with Crippen molar-refractivity contribution in [2.75, 3.05) is 13.6 Å². The van der Waals surface area contributed by atoms with Crippen LogP contribution in [0, 0.1) is 0 Å². The number of nitrogens with one attached hydrogen (secondary N) is 1. The van der Waals surface area contributed by atoms with Crippen molar-refractivity contribution in [3.05, 3.63) is 16.7 Å². The molecule has 0 bridgehead atoms. The van der Waals surface area contributed by atoms with Crippen LogP contribution in [0.1, 0.15) is 43.1 Å². The maximum atomic E-state index is 6.35. The Hall–Kier alpha value is -0.540. The number of rotatable bonds is 4. The molecule has 1 fully saturated rings. The number of likely N-dealkylation sites (N-methyl/N-ethyl adjacent to an activating group) is 1. The SMILES string of the molecule is CNCCc1nc(C2CCCC2)c(Cl)n1C. The molecule has 0 radical (unpaired) electrons. The summed E-state index contributed by atoms with van der Waals surface area (Å²) in [4.78, 5) is 4.72. The van der Waals surface area contributed by atoms with Crippen molar-refractivity contribution < 1.29 is 0 Å². The average molecular weight is 242 g/mol. The molecule has 0 aromatic carbocycles. The number of hydrogen-bond donors (Lipinski definition) is 1. The summed E-state index contributed by atoms with van der Waals surface area (Å²) in [5.41, 5.74) is 1.13. The van der Waals surface area contributed by atoms with Crippen LogP contribution in [0.5, 0.6) is 0 Å². The zero-order valence-corrected chi connectivity index (χ0v) is 10.8. The Labute approximate surface area is 102 Å². The van der Waals surface area contributed by atoms with Crippen LogP contribution in [0.4, 0.5) is 0 Å². The maximum Gasteiger partial charge on any atom is 0.132 e. The van der Waals surface area contributed by atoms with Crippen molar-refractivity contribution in [1.29, 1.82) is 0 Å². The third-order valence-electron chi connectivity index (χ3n) is 3.48. The van der Waals surface area contributed by atoms with Gasteiger partial charge in [0.2, 0.25) is 0 Å². The molecule has 90 valence electrons. The third kappa shape index (κ3) is 2.25. The molecule has 0 aliphatic heterocycles. The second-order valence-electron chi connectivity index (χ2n) is 4.60. The van der Waals surface area contributed by atoms with Crippen molar-refractivity contribution in [2.24, 2.45) is 7.05 Å². The summed E-state index contributed by atoms with van der Waals surface area (Å²) in [6.45, 7) is 0.950. The van der Waals surface area contributed by atoms with E-state index in [0.29, 0.717) is 5.92 Å². The predicted molar refractivity (Wildman–Crippen MR) is 67.1 cm³/mol. The molecule has 4 heteroatoms. The fourth-order valence-electron chi connectivity index (χ4n) is 2.46. The standard InChI is InChI=1S/C12H20ClN3/c1-14-8-7-10-15-11(12(13)16(10)2)9-5-3-4-6-9/h9,14H,3-8H2,1-2H3. The molecule has 16 heavy (non-hydrogen) atoms.